The van der Waals surface area contributed by atoms with Crippen molar-refractivity contribution in [3.63, 3.8) is 0 Å². The molecule has 2 heterocycles. The Morgan fingerprint density at radius 2 is 1.20 bits per heavy atom. The van der Waals surface area contributed by atoms with Crippen molar-refractivity contribution < 1.29 is 28.8 Å². The van der Waals surface area contributed by atoms with Crippen LogP contribution in [0.15, 0.2) is 103 Å². The van der Waals surface area contributed by atoms with E-state index in [0.29, 0.717) is 43.5 Å². The van der Waals surface area contributed by atoms with Gasteiger partial charge in [-0.2, -0.15) is 0 Å². The van der Waals surface area contributed by atoms with Gasteiger partial charge in [-0.05, 0) is 22.8 Å². The Balaban J connectivity index is 1.28. The average molecular weight is 540 g/mol. The summed E-state index contributed by atoms with van der Waals surface area (Å²) < 4.78 is 30.5. The van der Waals surface area contributed by atoms with E-state index in [1.807, 2.05) is 97.1 Å². The Hall–Kier alpha value is -3.88. The first-order valence-corrected chi connectivity index (χ1v) is 13.6. The number of phenolic OH excluding ortho intramolecular Hbond substituents is 1. The monoisotopic (exact) mass is 539 g/mol. The van der Waals surface area contributed by atoms with Gasteiger partial charge in [-0.25, -0.2) is 0 Å². The first-order valence-electron chi connectivity index (χ1n) is 13.6. The Labute approximate surface area is 234 Å². The SMILES string of the molecule is Oc1cc2c(cc1[C@@H]1N[C@@H](COCc3ccccc3)[C@H](OCc3ccccc3)[C@H]1OCc1ccccc1)OCO2. The summed E-state index contributed by atoms with van der Waals surface area (Å²) in [6.45, 7) is 1.84. The molecule has 7 nitrogen and oxygen atoms in total. The Kier molecular flexibility index (Phi) is 8.25. The normalized spacial score (nSPS) is 21.5. The summed E-state index contributed by atoms with van der Waals surface area (Å²) in [6.07, 6.45) is -0.768. The molecule has 0 unspecified atom stereocenters. The summed E-state index contributed by atoms with van der Waals surface area (Å²) in [6, 6.07) is 33.1. The maximum Gasteiger partial charge on any atom is 0.231 e. The quantitative estimate of drug-likeness (QED) is 0.260. The van der Waals surface area contributed by atoms with Gasteiger partial charge in [0.25, 0.3) is 0 Å². The molecule has 206 valence electrons. The molecule has 0 aliphatic carbocycles. The second-order valence-corrected chi connectivity index (χ2v) is 10.0. The van der Waals surface area contributed by atoms with Gasteiger partial charge in [0.05, 0.1) is 38.5 Å². The van der Waals surface area contributed by atoms with Crippen LogP contribution < -0.4 is 14.8 Å². The van der Waals surface area contributed by atoms with Crippen molar-refractivity contribution in [1.29, 1.82) is 0 Å². The Bertz CT molecular complexity index is 1370. The number of hydrogen-bond acceptors (Lipinski definition) is 7. The summed E-state index contributed by atoms with van der Waals surface area (Å²) in [4.78, 5) is 0. The number of rotatable bonds is 11. The molecule has 2 aliphatic rings. The molecular weight excluding hydrogens is 506 g/mol. The number of hydrogen-bond donors (Lipinski definition) is 2. The fraction of sp³-hybridized carbons (Fsp3) is 0.273. The van der Waals surface area contributed by atoms with E-state index >= 15 is 0 Å². The van der Waals surface area contributed by atoms with E-state index in [0.717, 1.165) is 16.7 Å². The predicted octanol–water partition coefficient (Wildman–Crippen LogP) is 5.52. The molecule has 1 fully saturated rings. The third-order valence-electron chi connectivity index (χ3n) is 7.28. The molecule has 40 heavy (non-hydrogen) atoms. The lowest BCUT2D eigenvalue weighted by molar-refractivity contribution is -0.0862. The largest absolute Gasteiger partial charge is 0.507 e. The van der Waals surface area contributed by atoms with E-state index in [4.69, 9.17) is 23.7 Å². The van der Waals surface area contributed by atoms with Gasteiger partial charge >= 0.3 is 0 Å². The first kappa shape index (κ1) is 26.3. The van der Waals surface area contributed by atoms with Crippen LogP contribution in [0.2, 0.25) is 0 Å². The zero-order valence-electron chi connectivity index (χ0n) is 22.1. The van der Waals surface area contributed by atoms with Gasteiger partial charge in [0, 0.05) is 11.6 Å². The maximum absolute atomic E-state index is 11.0. The number of phenols is 1. The highest BCUT2D eigenvalue weighted by atomic mass is 16.7. The molecular formula is C33H33NO6. The van der Waals surface area contributed by atoms with Crippen LogP contribution in [0.1, 0.15) is 28.3 Å². The van der Waals surface area contributed by atoms with Crippen LogP contribution in [0.3, 0.4) is 0 Å². The number of fused-ring (bicyclic) bond motifs is 1. The topological polar surface area (TPSA) is 78.4 Å². The van der Waals surface area contributed by atoms with E-state index < -0.39 is 6.10 Å². The van der Waals surface area contributed by atoms with Gasteiger partial charge < -0.3 is 34.1 Å². The minimum absolute atomic E-state index is 0.114. The van der Waals surface area contributed by atoms with E-state index in [-0.39, 0.29) is 30.7 Å². The van der Waals surface area contributed by atoms with Crippen LogP contribution in [-0.2, 0) is 34.0 Å². The minimum atomic E-state index is -0.416. The van der Waals surface area contributed by atoms with E-state index in [9.17, 15) is 5.11 Å². The van der Waals surface area contributed by atoms with E-state index in [1.165, 1.54) is 0 Å². The van der Waals surface area contributed by atoms with Crippen molar-refractivity contribution >= 4 is 0 Å². The number of aromatic hydroxyl groups is 1. The van der Waals surface area contributed by atoms with Crippen LogP contribution in [0.25, 0.3) is 0 Å². The second kappa shape index (κ2) is 12.5. The van der Waals surface area contributed by atoms with Crippen LogP contribution in [0, 0.1) is 0 Å². The van der Waals surface area contributed by atoms with Crippen LogP contribution >= 0.6 is 0 Å². The number of nitrogens with one attached hydrogen (secondary N) is 1. The van der Waals surface area contributed by atoms with E-state index in [1.54, 1.807) is 6.07 Å². The first-order chi connectivity index (χ1) is 19.7. The van der Waals surface area contributed by atoms with Gasteiger partial charge in [-0.1, -0.05) is 91.0 Å². The van der Waals surface area contributed by atoms with Crippen molar-refractivity contribution in [3.05, 3.63) is 125 Å². The molecule has 0 spiro atoms. The fourth-order valence-electron chi connectivity index (χ4n) is 5.26. The van der Waals surface area contributed by atoms with Gasteiger partial charge in [0.1, 0.15) is 18.0 Å². The summed E-state index contributed by atoms with van der Waals surface area (Å²) in [7, 11) is 0. The van der Waals surface area contributed by atoms with Crippen LogP contribution in [0.5, 0.6) is 17.2 Å². The van der Waals surface area contributed by atoms with Gasteiger partial charge in [0.2, 0.25) is 6.79 Å². The number of ether oxygens (including phenoxy) is 5. The summed E-state index contributed by atoms with van der Waals surface area (Å²) in [5, 5.41) is 14.7. The lowest BCUT2D eigenvalue weighted by Crippen LogP contribution is -2.39. The molecule has 0 bridgehead atoms. The van der Waals surface area contributed by atoms with Gasteiger partial charge in [0.15, 0.2) is 11.5 Å². The zero-order chi connectivity index (χ0) is 27.1. The smallest absolute Gasteiger partial charge is 0.231 e. The molecule has 0 amide bonds. The third-order valence-corrected chi connectivity index (χ3v) is 7.28. The molecule has 6 rings (SSSR count). The molecule has 4 aromatic carbocycles. The van der Waals surface area contributed by atoms with Gasteiger partial charge in [-0.3, -0.25) is 0 Å². The Morgan fingerprint density at radius 1 is 0.675 bits per heavy atom. The van der Waals surface area contributed by atoms with Crippen LogP contribution in [0.4, 0.5) is 0 Å². The third kappa shape index (κ3) is 6.13. The van der Waals surface area contributed by atoms with E-state index in [2.05, 4.69) is 5.32 Å². The summed E-state index contributed by atoms with van der Waals surface area (Å²) >= 11 is 0. The Morgan fingerprint density at radius 3 is 1.80 bits per heavy atom. The molecule has 2 N–H and O–H groups in total. The van der Waals surface area contributed by atoms with Crippen LogP contribution in [-0.4, -0.2) is 36.8 Å². The summed E-state index contributed by atoms with van der Waals surface area (Å²) in [5.41, 5.74) is 3.90. The van der Waals surface area contributed by atoms with Crippen molar-refractivity contribution in [2.24, 2.45) is 0 Å². The molecule has 1 saturated heterocycles. The molecule has 0 radical (unpaired) electrons. The zero-order valence-corrected chi connectivity index (χ0v) is 22.1. The minimum Gasteiger partial charge on any atom is -0.507 e. The fourth-order valence-corrected chi connectivity index (χ4v) is 5.26. The summed E-state index contributed by atoms with van der Waals surface area (Å²) in [5.74, 6) is 1.24. The van der Waals surface area contributed by atoms with Crippen molar-refractivity contribution in [1.82, 2.24) is 5.32 Å². The highest BCUT2D eigenvalue weighted by molar-refractivity contribution is 5.53. The maximum atomic E-state index is 11.0. The molecule has 7 heteroatoms. The van der Waals surface area contributed by atoms with Crippen molar-refractivity contribution in [2.45, 2.75) is 44.1 Å². The highest BCUT2D eigenvalue weighted by Gasteiger charge is 2.46. The van der Waals surface area contributed by atoms with Crippen molar-refractivity contribution in [3.8, 4) is 17.2 Å². The molecule has 4 atom stereocenters. The average Bonchev–Trinajstić information content (AvgIpc) is 3.59. The van der Waals surface area contributed by atoms with Crippen molar-refractivity contribution in [2.75, 3.05) is 13.4 Å². The number of benzene rings is 4. The lowest BCUT2D eigenvalue weighted by atomic mass is 9.99. The van der Waals surface area contributed by atoms with Gasteiger partial charge in [-0.15, -0.1) is 0 Å². The molecule has 0 aromatic heterocycles. The molecule has 4 aromatic rings. The predicted molar refractivity (Wildman–Crippen MR) is 150 cm³/mol. The molecule has 0 saturated carbocycles. The molecule has 2 aliphatic heterocycles. The highest BCUT2D eigenvalue weighted by Crippen LogP contribution is 2.43. The standard InChI is InChI=1S/C33H33NO6/c35-28-17-30-29(39-22-40-30)16-26(28)31-33(38-20-25-14-8-3-9-15-25)32(37-19-24-12-6-2-7-13-24)27(34-31)21-36-18-23-10-4-1-5-11-23/h1-17,27,31-35H,18-22H2/t27-,31-,32-,33-/m0/s1. The lowest BCUT2D eigenvalue weighted by Gasteiger charge is -2.27. The second-order valence-electron chi connectivity index (χ2n) is 10.0.